The van der Waals surface area contributed by atoms with Gasteiger partial charge in [0.2, 0.25) is 5.91 Å². The molecule has 6 heteroatoms. The van der Waals surface area contributed by atoms with Gasteiger partial charge in [-0.25, -0.2) is 4.98 Å². The second kappa shape index (κ2) is 8.92. The van der Waals surface area contributed by atoms with Gasteiger partial charge in [-0.15, -0.1) is 11.3 Å². The Kier molecular flexibility index (Phi) is 6.63. The van der Waals surface area contributed by atoms with E-state index in [4.69, 9.17) is 4.74 Å². The zero-order chi connectivity index (χ0) is 16.8. The smallest absolute Gasteiger partial charge is 0.222 e. The highest BCUT2D eigenvalue weighted by Crippen LogP contribution is 2.22. The van der Waals surface area contributed by atoms with Crippen molar-refractivity contribution in [2.45, 2.75) is 45.6 Å². The van der Waals surface area contributed by atoms with Gasteiger partial charge in [0.1, 0.15) is 0 Å². The second-order valence-electron chi connectivity index (χ2n) is 7.12. The molecule has 1 N–H and O–H groups in total. The fraction of sp³-hybridized carbons (Fsp3) is 0.778. The third kappa shape index (κ3) is 5.01. The zero-order valence-corrected chi connectivity index (χ0v) is 15.4. The third-order valence-electron chi connectivity index (χ3n) is 5.19. The van der Waals surface area contributed by atoms with Gasteiger partial charge in [0, 0.05) is 31.1 Å². The Morgan fingerprint density at radius 1 is 1.46 bits per heavy atom. The van der Waals surface area contributed by atoms with Gasteiger partial charge in [0.05, 0.1) is 17.7 Å². The minimum Gasteiger partial charge on any atom is -0.381 e. The van der Waals surface area contributed by atoms with E-state index in [0.29, 0.717) is 30.7 Å². The maximum Gasteiger partial charge on any atom is 0.222 e. The fourth-order valence-corrected chi connectivity index (χ4v) is 4.40. The lowest BCUT2D eigenvalue weighted by Gasteiger charge is -2.27. The van der Waals surface area contributed by atoms with E-state index in [0.717, 1.165) is 51.4 Å². The molecule has 0 spiro atoms. The molecule has 1 aromatic heterocycles. The first-order chi connectivity index (χ1) is 11.7. The van der Waals surface area contributed by atoms with E-state index in [1.165, 1.54) is 17.7 Å². The number of amides is 1. The molecule has 0 aromatic carbocycles. The molecule has 134 valence electrons. The van der Waals surface area contributed by atoms with E-state index >= 15 is 0 Å². The predicted molar refractivity (Wildman–Crippen MR) is 96.0 cm³/mol. The van der Waals surface area contributed by atoms with Crippen molar-refractivity contribution in [3.8, 4) is 0 Å². The first-order valence-electron chi connectivity index (χ1n) is 9.17. The highest BCUT2D eigenvalue weighted by Gasteiger charge is 2.24. The summed E-state index contributed by atoms with van der Waals surface area (Å²) in [7, 11) is 0. The Bertz CT molecular complexity index is 522. The van der Waals surface area contributed by atoms with Crippen LogP contribution in [0.1, 0.15) is 42.7 Å². The van der Waals surface area contributed by atoms with Crippen molar-refractivity contribution in [2.24, 2.45) is 11.8 Å². The van der Waals surface area contributed by atoms with Crippen LogP contribution in [-0.2, 0) is 16.1 Å². The van der Waals surface area contributed by atoms with Gasteiger partial charge in [-0.3, -0.25) is 4.79 Å². The number of rotatable bonds is 7. The molecule has 2 fully saturated rings. The Morgan fingerprint density at radius 3 is 3.04 bits per heavy atom. The largest absolute Gasteiger partial charge is 0.381 e. The summed E-state index contributed by atoms with van der Waals surface area (Å²) in [5, 5.41) is 3.41. The Morgan fingerprint density at radius 2 is 2.38 bits per heavy atom. The van der Waals surface area contributed by atoms with Gasteiger partial charge in [-0.2, -0.15) is 0 Å². The number of aryl methyl sites for hydroxylation is 1. The van der Waals surface area contributed by atoms with E-state index < -0.39 is 0 Å². The van der Waals surface area contributed by atoms with Crippen LogP contribution in [0.5, 0.6) is 0 Å². The fourth-order valence-electron chi connectivity index (χ4n) is 3.61. The summed E-state index contributed by atoms with van der Waals surface area (Å²) in [5.74, 6) is 1.43. The van der Waals surface area contributed by atoms with Crippen molar-refractivity contribution < 1.29 is 9.53 Å². The van der Waals surface area contributed by atoms with E-state index in [1.54, 1.807) is 11.3 Å². The molecule has 0 radical (unpaired) electrons. The predicted octanol–water partition coefficient (Wildman–Crippen LogP) is 2.60. The number of ether oxygens (including phenoxy) is 1. The number of thiazole rings is 1. The average Bonchev–Trinajstić information content (AvgIpc) is 3.25. The van der Waals surface area contributed by atoms with E-state index in [1.807, 2.05) is 12.4 Å². The first-order valence-corrected chi connectivity index (χ1v) is 10.1. The lowest BCUT2D eigenvalue weighted by atomic mass is 9.96. The number of nitrogens with one attached hydrogen (secondary N) is 1. The minimum absolute atomic E-state index is 0.292. The molecule has 2 aliphatic rings. The summed E-state index contributed by atoms with van der Waals surface area (Å²) in [6, 6.07) is 0. The normalized spacial score (nSPS) is 24.2. The van der Waals surface area contributed by atoms with Crippen LogP contribution in [0.4, 0.5) is 0 Å². The third-order valence-corrected chi connectivity index (χ3v) is 6.11. The molecule has 0 unspecified atom stereocenters. The molecule has 1 amide bonds. The van der Waals surface area contributed by atoms with Crippen LogP contribution in [0.3, 0.4) is 0 Å². The number of hydrogen-bond acceptors (Lipinski definition) is 5. The molecule has 0 aliphatic carbocycles. The molecule has 2 aliphatic heterocycles. The molecular formula is C18H29N3O2S. The maximum atomic E-state index is 12.9. The van der Waals surface area contributed by atoms with Crippen LogP contribution < -0.4 is 5.32 Å². The second-order valence-corrected chi connectivity index (χ2v) is 8.06. The Hall–Kier alpha value is -0.980. The molecule has 1 aromatic rings. The van der Waals surface area contributed by atoms with Gasteiger partial charge in [-0.1, -0.05) is 0 Å². The van der Waals surface area contributed by atoms with Crippen LogP contribution >= 0.6 is 11.3 Å². The minimum atomic E-state index is 0.292. The molecule has 2 saturated heterocycles. The van der Waals surface area contributed by atoms with Crippen LogP contribution in [0.15, 0.2) is 5.51 Å². The summed E-state index contributed by atoms with van der Waals surface area (Å²) in [6.07, 6.45) is 5.11. The molecular weight excluding hydrogens is 322 g/mol. The topological polar surface area (TPSA) is 54.5 Å². The van der Waals surface area contributed by atoms with Crippen molar-refractivity contribution in [3.63, 3.8) is 0 Å². The number of aromatic nitrogens is 1. The van der Waals surface area contributed by atoms with Crippen LogP contribution in [0, 0.1) is 18.8 Å². The van der Waals surface area contributed by atoms with Gasteiger partial charge in [0.15, 0.2) is 0 Å². The number of carbonyl (C=O) groups is 1. The SMILES string of the molecule is Cc1ncsc1CN(C[C@H]1CCNC1)C(=O)CC[C@@H]1CCCOC1. The monoisotopic (exact) mass is 351 g/mol. The van der Waals surface area contributed by atoms with Crippen molar-refractivity contribution >= 4 is 17.2 Å². The summed E-state index contributed by atoms with van der Waals surface area (Å²) in [4.78, 5) is 20.5. The molecule has 24 heavy (non-hydrogen) atoms. The summed E-state index contributed by atoms with van der Waals surface area (Å²) in [5.41, 5.74) is 2.94. The van der Waals surface area contributed by atoms with Gasteiger partial charge < -0.3 is 15.0 Å². The zero-order valence-electron chi connectivity index (χ0n) is 14.6. The van der Waals surface area contributed by atoms with Crippen LogP contribution in [0.2, 0.25) is 0 Å². The molecule has 3 heterocycles. The highest BCUT2D eigenvalue weighted by molar-refractivity contribution is 7.09. The summed E-state index contributed by atoms with van der Waals surface area (Å²) in [6.45, 7) is 7.43. The Labute approximate surface area is 148 Å². The molecule has 2 atom stereocenters. The number of carbonyl (C=O) groups excluding carboxylic acids is 1. The lowest BCUT2D eigenvalue weighted by molar-refractivity contribution is -0.132. The van der Waals surface area contributed by atoms with E-state index in [9.17, 15) is 4.79 Å². The van der Waals surface area contributed by atoms with Crippen LogP contribution in [-0.4, -0.2) is 48.6 Å². The molecule has 3 rings (SSSR count). The average molecular weight is 352 g/mol. The highest BCUT2D eigenvalue weighted by atomic mass is 32.1. The van der Waals surface area contributed by atoms with E-state index in [2.05, 4.69) is 15.2 Å². The first kappa shape index (κ1) is 17.8. The molecule has 0 saturated carbocycles. The maximum absolute atomic E-state index is 12.9. The van der Waals surface area contributed by atoms with Gasteiger partial charge >= 0.3 is 0 Å². The Balaban J connectivity index is 1.56. The molecule has 0 bridgehead atoms. The van der Waals surface area contributed by atoms with Crippen molar-refractivity contribution in [1.82, 2.24) is 15.2 Å². The standard InChI is InChI=1S/C18H29N3O2S/c1-14-17(24-13-20-14)11-21(10-16-6-7-19-9-16)18(22)5-4-15-3-2-8-23-12-15/h13,15-16,19H,2-12H2,1H3/t15-,16-/m0/s1. The summed E-state index contributed by atoms with van der Waals surface area (Å²) >= 11 is 1.66. The van der Waals surface area contributed by atoms with Crippen molar-refractivity contribution in [2.75, 3.05) is 32.8 Å². The van der Waals surface area contributed by atoms with Crippen molar-refractivity contribution in [3.05, 3.63) is 16.1 Å². The van der Waals surface area contributed by atoms with Gasteiger partial charge in [0.25, 0.3) is 0 Å². The quantitative estimate of drug-likeness (QED) is 0.820. The van der Waals surface area contributed by atoms with Crippen LogP contribution in [0.25, 0.3) is 0 Å². The molecule has 5 nitrogen and oxygen atoms in total. The van der Waals surface area contributed by atoms with E-state index in [-0.39, 0.29) is 0 Å². The van der Waals surface area contributed by atoms with Crippen molar-refractivity contribution in [1.29, 1.82) is 0 Å². The van der Waals surface area contributed by atoms with Gasteiger partial charge in [-0.05, 0) is 57.5 Å². The number of nitrogens with zero attached hydrogens (tertiary/aromatic N) is 2. The number of hydrogen-bond donors (Lipinski definition) is 1. The summed E-state index contributed by atoms with van der Waals surface area (Å²) < 4.78 is 5.54. The lowest BCUT2D eigenvalue weighted by Crippen LogP contribution is -2.36.